The molecule has 2 aliphatic heterocycles. The molecule has 0 spiro atoms. The number of rotatable bonds is 1. The van der Waals surface area contributed by atoms with Crippen molar-refractivity contribution in [2.45, 2.75) is 45.1 Å². The van der Waals surface area contributed by atoms with Crippen LogP contribution in [-0.4, -0.2) is 37.2 Å². The fourth-order valence-corrected chi connectivity index (χ4v) is 2.79. The van der Waals surface area contributed by atoms with Crippen LogP contribution in [0.3, 0.4) is 0 Å². The van der Waals surface area contributed by atoms with Crippen LogP contribution in [0.25, 0.3) is 0 Å². The minimum absolute atomic E-state index is 0.738. The van der Waals surface area contributed by atoms with E-state index in [-0.39, 0.29) is 0 Å². The predicted molar refractivity (Wildman–Crippen MR) is 58.4 cm³/mol. The van der Waals surface area contributed by atoms with Gasteiger partial charge in [0.25, 0.3) is 0 Å². The van der Waals surface area contributed by atoms with Gasteiger partial charge in [-0.05, 0) is 25.3 Å². The van der Waals surface area contributed by atoms with Crippen molar-refractivity contribution >= 4 is 0 Å². The van der Waals surface area contributed by atoms with Gasteiger partial charge in [0.2, 0.25) is 0 Å². The Morgan fingerprint density at radius 3 is 3.00 bits per heavy atom. The SMILES string of the molecule is CCC1CCCC2COCCN2CC1. The summed E-state index contributed by atoms with van der Waals surface area (Å²) in [6.07, 6.45) is 6.99. The molecule has 2 rings (SSSR count). The highest BCUT2D eigenvalue weighted by atomic mass is 16.5. The van der Waals surface area contributed by atoms with E-state index in [4.69, 9.17) is 4.74 Å². The van der Waals surface area contributed by atoms with Crippen LogP contribution in [0.2, 0.25) is 0 Å². The third kappa shape index (κ3) is 2.48. The summed E-state index contributed by atoms with van der Waals surface area (Å²) in [6, 6.07) is 0.738. The summed E-state index contributed by atoms with van der Waals surface area (Å²) in [7, 11) is 0. The predicted octanol–water partition coefficient (Wildman–Crippen LogP) is 2.29. The fourth-order valence-electron chi connectivity index (χ4n) is 2.79. The number of ether oxygens (including phenoxy) is 1. The van der Waals surface area contributed by atoms with Crippen molar-refractivity contribution < 1.29 is 4.74 Å². The Morgan fingerprint density at radius 1 is 1.21 bits per heavy atom. The van der Waals surface area contributed by atoms with Crippen molar-refractivity contribution in [2.24, 2.45) is 5.92 Å². The van der Waals surface area contributed by atoms with Crippen molar-refractivity contribution in [2.75, 3.05) is 26.3 Å². The smallest absolute Gasteiger partial charge is 0.0622 e. The van der Waals surface area contributed by atoms with Gasteiger partial charge in [0.1, 0.15) is 0 Å². The number of nitrogens with zero attached hydrogens (tertiary/aromatic N) is 1. The molecular weight excluding hydrogens is 174 g/mol. The van der Waals surface area contributed by atoms with Gasteiger partial charge in [-0.2, -0.15) is 0 Å². The van der Waals surface area contributed by atoms with Gasteiger partial charge in [0.05, 0.1) is 13.2 Å². The van der Waals surface area contributed by atoms with Crippen molar-refractivity contribution in [3.05, 3.63) is 0 Å². The molecule has 2 fully saturated rings. The summed E-state index contributed by atoms with van der Waals surface area (Å²) in [6.45, 7) is 6.75. The van der Waals surface area contributed by atoms with E-state index in [9.17, 15) is 0 Å². The van der Waals surface area contributed by atoms with Crippen LogP contribution in [0.1, 0.15) is 39.0 Å². The monoisotopic (exact) mass is 197 g/mol. The number of hydrogen-bond acceptors (Lipinski definition) is 2. The molecule has 0 amide bonds. The third-order valence-corrected chi connectivity index (χ3v) is 3.90. The lowest BCUT2D eigenvalue weighted by atomic mass is 9.91. The summed E-state index contributed by atoms with van der Waals surface area (Å²) in [5, 5.41) is 0. The van der Waals surface area contributed by atoms with Crippen LogP contribution < -0.4 is 0 Å². The summed E-state index contributed by atoms with van der Waals surface area (Å²) in [5.74, 6) is 0.985. The first kappa shape index (κ1) is 10.4. The van der Waals surface area contributed by atoms with Crippen molar-refractivity contribution in [1.29, 1.82) is 0 Å². The molecule has 2 atom stereocenters. The molecule has 0 aromatic carbocycles. The molecule has 2 aliphatic rings. The Hall–Kier alpha value is -0.0800. The molecule has 0 radical (unpaired) electrons. The molecule has 14 heavy (non-hydrogen) atoms. The molecule has 0 N–H and O–H groups in total. The molecule has 0 saturated carbocycles. The van der Waals surface area contributed by atoms with Crippen LogP contribution in [-0.2, 0) is 4.74 Å². The quantitative estimate of drug-likeness (QED) is 0.639. The van der Waals surface area contributed by atoms with E-state index >= 15 is 0 Å². The maximum atomic E-state index is 5.55. The zero-order valence-electron chi connectivity index (χ0n) is 9.37. The highest BCUT2D eigenvalue weighted by molar-refractivity contribution is 4.78. The van der Waals surface area contributed by atoms with Crippen molar-refractivity contribution in [1.82, 2.24) is 4.90 Å². The topological polar surface area (TPSA) is 12.5 Å². The van der Waals surface area contributed by atoms with E-state index in [0.29, 0.717) is 0 Å². The van der Waals surface area contributed by atoms with E-state index in [1.165, 1.54) is 45.2 Å². The van der Waals surface area contributed by atoms with Crippen molar-refractivity contribution in [3.8, 4) is 0 Å². The molecule has 82 valence electrons. The van der Waals surface area contributed by atoms with Gasteiger partial charge in [-0.25, -0.2) is 0 Å². The van der Waals surface area contributed by atoms with Crippen LogP contribution in [0, 0.1) is 5.92 Å². The molecule has 2 nitrogen and oxygen atoms in total. The second kappa shape index (κ2) is 5.13. The lowest BCUT2D eigenvalue weighted by molar-refractivity contribution is -0.0181. The second-order valence-electron chi connectivity index (χ2n) is 4.76. The Bertz CT molecular complexity index is 172. The summed E-state index contributed by atoms with van der Waals surface area (Å²) in [4.78, 5) is 2.66. The Kier molecular flexibility index (Phi) is 3.82. The van der Waals surface area contributed by atoms with Gasteiger partial charge < -0.3 is 4.74 Å². The van der Waals surface area contributed by atoms with E-state index in [0.717, 1.165) is 25.2 Å². The maximum Gasteiger partial charge on any atom is 0.0622 e. The van der Waals surface area contributed by atoms with Gasteiger partial charge in [-0.15, -0.1) is 0 Å². The van der Waals surface area contributed by atoms with Gasteiger partial charge in [-0.1, -0.05) is 26.2 Å². The van der Waals surface area contributed by atoms with Crippen molar-refractivity contribution in [3.63, 3.8) is 0 Å². The normalized spacial score (nSPS) is 35.8. The summed E-state index contributed by atoms with van der Waals surface area (Å²) >= 11 is 0. The van der Waals surface area contributed by atoms with Gasteiger partial charge >= 0.3 is 0 Å². The molecule has 2 unspecified atom stereocenters. The van der Waals surface area contributed by atoms with Gasteiger partial charge in [0, 0.05) is 12.6 Å². The zero-order valence-corrected chi connectivity index (χ0v) is 9.37. The fraction of sp³-hybridized carbons (Fsp3) is 1.00. The maximum absolute atomic E-state index is 5.55. The molecular formula is C12H23NO. The number of morpholine rings is 1. The van der Waals surface area contributed by atoms with Gasteiger partial charge in [0.15, 0.2) is 0 Å². The first-order valence-electron chi connectivity index (χ1n) is 6.22. The minimum Gasteiger partial charge on any atom is -0.378 e. The van der Waals surface area contributed by atoms with E-state index in [1.54, 1.807) is 0 Å². The highest BCUT2D eigenvalue weighted by Gasteiger charge is 2.25. The summed E-state index contributed by atoms with van der Waals surface area (Å²) < 4.78 is 5.55. The summed E-state index contributed by atoms with van der Waals surface area (Å²) in [5.41, 5.74) is 0. The molecule has 2 saturated heterocycles. The lowest BCUT2D eigenvalue weighted by Gasteiger charge is -2.38. The zero-order chi connectivity index (χ0) is 9.80. The highest BCUT2D eigenvalue weighted by Crippen LogP contribution is 2.24. The van der Waals surface area contributed by atoms with Crippen LogP contribution in [0.15, 0.2) is 0 Å². The first-order chi connectivity index (χ1) is 6.90. The first-order valence-corrected chi connectivity index (χ1v) is 6.22. The largest absolute Gasteiger partial charge is 0.378 e. The third-order valence-electron chi connectivity index (χ3n) is 3.90. The van der Waals surface area contributed by atoms with E-state index in [1.807, 2.05) is 0 Å². The molecule has 0 bridgehead atoms. The molecule has 2 heterocycles. The van der Waals surface area contributed by atoms with E-state index < -0.39 is 0 Å². The van der Waals surface area contributed by atoms with Crippen LogP contribution >= 0.6 is 0 Å². The Balaban J connectivity index is 1.87. The molecule has 0 aromatic rings. The minimum atomic E-state index is 0.738. The number of hydrogen-bond donors (Lipinski definition) is 0. The van der Waals surface area contributed by atoms with Crippen LogP contribution in [0.5, 0.6) is 0 Å². The average molecular weight is 197 g/mol. The number of fused-ring (bicyclic) bond motifs is 1. The van der Waals surface area contributed by atoms with E-state index in [2.05, 4.69) is 11.8 Å². The standard InChI is InChI=1S/C12H23NO/c1-2-11-4-3-5-12-10-14-9-8-13(12)7-6-11/h11-12H,2-10H2,1H3. The molecule has 2 heteroatoms. The Labute approximate surface area is 87.6 Å². The average Bonchev–Trinajstić information content (AvgIpc) is 2.19. The molecule has 0 aromatic heterocycles. The van der Waals surface area contributed by atoms with Gasteiger partial charge in [-0.3, -0.25) is 4.90 Å². The molecule has 0 aliphatic carbocycles. The second-order valence-corrected chi connectivity index (χ2v) is 4.76. The lowest BCUT2D eigenvalue weighted by Crippen LogP contribution is -2.46. The Morgan fingerprint density at radius 2 is 2.14 bits per heavy atom. The van der Waals surface area contributed by atoms with Crippen LogP contribution in [0.4, 0.5) is 0 Å².